The second-order valence-electron chi connectivity index (χ2n) is 5.35. The number of nitrogens with one attached hydrogen (secondary N) is 4. The Morgan fingerprint density at radius 2 is 1.92 bits per heavy atom. The van der Waals surface area contributed by atoms with Crippen molar-refractivity contribution in [2.75, 3.05) is 11.9 Å². The van der Waals surface area contributed by atoms with Crippen LogP contribution in [0.25, 0.3) is 0 Å². The first kappa shape index (κ1) is 17.9. The fourth-order valence-electron chi connectivity index (χ4n) is 2.07. The molecule has 8 nitrogen and oxygen atoms in total. The topological polar surface area (TPSA) is 133 Å². The maximum Gasteiger partial charge on any atom is 0.320 e. The highest BCUT2D eigenvalue weighted by atomic mass is 16.2. The molecule has 0 aliphatic heterocycles. The Morgan fingerprint density at radius 3 is 2.52 bits per heavy atom. The molecule has 8 heteroatoms. The van der Waals surface area contributed by atoms with E-state index in [9.17, 15) is 9.59 Å². The van der Waals surface area contributed by atoms with E-state index in [0.29, 0.717) is 11.4 Å². The number of aromatic nitrogens is 1. The van der Waals surface area contributed by atoms with Crippen LogP contribution in [-0.2, 0) is 4.79 Å². The third kappa shape index (κ3) is 5.61. The summed E-state index contributed by atoms with van der Waals surface area (Å²) < 4.78 is 0. The zero-order chi connectivity index (χ0) is 18.2. The lowest BCUT2D eigenvalue weighted by Gasteiger charge is -2.14. The molecule has 1 atom stereocenters. The first-order chi connectivity index (χ1) is 12.0. The Bertz CT molecular complexity index is 745. The molecule has 6 N–H and O–H groups in total. The number of anilines is 1. The van der Waals surface area contributed by atoms with Gasteiger partial charge in [-0.1, -0.05) is 30.3 Å². The second kappa shape index (κ2) is 8.44. The van der Waals surface area contributed by atoms with E-state index in [1.165, 1.54) is 12.3 Å². The number of carbonyl (C=O) groups excluding carboxylic acids is 2. The summed E-state index contributed by atoms with van der Waals surface area (Å²) in [6, 6.07) is 11.9. The first-order valence-electron chi connectivity index (χ1n) is 7.65. The van der Waals surface area contributed by atoms with Crippen molar-refractivity contribution >= 4 is 23.6 Å². The number of rotatable bonds is 6. The van der Waals surface area contributed by atoms with E-state index < -0.39 is 6.03 Å². The minimum atomic E-state index is -0.550. The number of amides is 3. The van der Waals surface area contributed by atoms with Gasteiger partial charge in [0.25, 0.3) is 0 Å². The molecule has 0 aliphatic carbocycles. The van der Waals surface area contributed by atoms with E-state index in [2.05, 4.69) is 20.9 Å². The largest absolute Gasteiger partial charge is 0.384 e. The van der Waals surface area contributed by atoms with Crippen molar-refractivity contribution in [3.8, 4) is 0 Å². The predicted molar refractivity (Wildman–Crippen MR) is 95.3 cm³/mol. The molecule has 0 unspecified atom stereocenters. The van der Waals surface area contributed by atoms with Crippen molar-refractivity contribution in [2.24, 2.45) is 5.73 Å². The van der Waals surface area contributed by atoms with Gasteiger partial charge < -0.3 is 16.4 Å². The molecule has 1 heterocycles. The van der Waals surface area contributed by atoms with E-state index in [1.54, 1.807) is 6.07 Å². The van der Waals surface area contributed by atoms with Crippen LogP contribution >= 0.6 is 0 Å². The van der Waals surface area contributed by atoms with Gasteiger partial charge in [-0.2, -0.15) is 0 Å². The quantitative estimate of drug-likeness (QED) is 0.401. The normalized spacial score (nSPS) is 11.2. The number of hydrogen-bond acceptors (Lipinski definition) is 4. The van der Waals surface area contributed by atoms with Gasteiger partial charge in [0.2, 0.25) is 5.91 Å². The van der Waals surface area contributed by atoms with Crippen molar-refractivity contribution in [1.82, 2.24) is 15.6 Å². The van der Waals surface area contributed by atoms with Gasteiger partial charge in [0.05, 0.1) is 12.6 Å². The monoisotopic (exact) mass is 340 g/mol. The summed E-state index contributed by atoms with van der Waals surface area (Å²) in [5.41, 5.74) is 6.77. The second-order valence-corrected chi connectivity index (χ2v) is 5.35. The van der Waals surface area contributed by atoms with Crippen LogP contribution in [0.5, 0.6) is 0 Å². The molecule has 130 valence electrons. The zero-order valence-corrected chi connectivity index (χ0v) is 13.7. The van der Waals surface area contributed by atoms with Crippen LogP contribution in [-0.4, -0.2) is 29.3 Å². The Hall–Kier alpha value is -3.42. The predicted octanol–water partition coefficient (Wildman–Crippen LogP) is 1.36. The highest BCUT2D eigenvalue weighted by Crippen LogP contribution is 2.10. The Labute approximate surface area is 145 Å². The zero-order valence-electron chi connectivity index (χ0n) is 13.7. The van der Waals surface area contributed by atoms with Crippen molar-refractivity contribution in [2.45, 2.75) is 13.0 Å². The molecule has 0 fully saturated rings. The van der Waals surface area contributed by atoms with Gasteiger partial charge in [-0.05, 0) is 24.6 Å². The molecule has 2 aromatic rings. The first-order valence-corrected chi connectivity index (χ1v) is 7.65. The maximum atomic E-state index is 11.9. The van der Waals surface area contributed by atoms with Crippen molar-refractivity contribution in [3.05, 3.63) is 59.8 Å². The van der Waals surface area contributed by atoms with Gasteiger partial charge in [-0.25, -0.2) is 9.78 Å². The smallest absolute Gasteiger partial charge is 0.320 e. The molecule has 0 saturated heterocycles. The lowest BCUT2D eigenvalue weighted by atomic mass is 10.1. The Balaban J connectivity index is 1.77. The number of benzene rings is 1. The molecule has 2 rings (SSSR count). The third-order valence-corrected chi connectivity index (χ3v) is 3.40. The molecular weight excluding hydrogens is 320 g/mol. The number of nitrogen functional groups attached to an aromatic ring is 1. The van der Waals surface area contributed by atoms with E-state index in [0.717, 1.165) is 5.56 Å². The van der Waals surface area contributed by atoms with Crippen LogP contribution in [0.15, 0.2) is 48.7 Å². The van der Waals surface area contributed by atoms with Crippen LogP contribution < -0.4 is 21.7 Å². The van der Waals surface area contributed by atoms with Crippen LogP contribution in [0.4, 0.5) is 10.6 Å². The van der Waals surface area contributed by atoms with Crippen LogP contribution in [0.1, 0.15) is 24.1 Å². The van der Waals surface area contributed by atoms with E-state index >= 15 is 0 Å². The summed E-state index contributed by atoms with van der Waals surface area (Å²) in [4.78, 5) is 27.6. The van der Waals surface area contributed by atoms with Gasteiger partial charge >= 0.3 is 6.03 Å². The summed E-state index contributed by atoms with van der Waals surface area (Å²) in [7, 11) is 0. The number of nitrogens with two attached hydrogens (primary N) is 1. The molecule has 1 aromatic carbocycles. The van der Waals surface area contributed by atoms with Gasteiger partial charge in [0, 0.05) is 11.8 Å². The number of urea groups is 1. The standard InChI is InChI=1S/C17H20N6O2/c1-11(12-5-3-2-4-6-12)22-15(24)10-21-17(25)23-14-8-7-13(9-20-14)16(18)19/h2-9,11H,10H2,1H3,(H3,18,19)(H,22,24)(H2,20,21,23,25)/t11-/m0/s1. The van der Waals surface area contributed by atoms with E-state index in [1.807, 2.05) is 37.3 Å². The molecular formula is C17H20N6O2. The molecule has 0 saturated carbocycles. The maximum absolute atomic E-state index is 11.9. The van der Waals surface area contributed by atoms with Crippen molar-refractivity contribution in [1.29, 1.82) is 5.41 Å². The average Bonchev–Trinajstić information content (AvgIpc) is 2.61. The molecule has 3 amide bonds. The van der Waals surface area contributed by atoms with Gasteiger partial charge in [-0.15, -0.1) is 0 Å². The summed E-state index contributed by atoms with van der Waals surface area (Å²) in [5, 5.41) is 15.0. The van der Waals surface area contributed by atoms with Gasteiger partial charge in [-0.3, -0.25) is 15.5 Å². The van der Waals surface area contributed by atoms with Crippen LogP contribution in [0, 0.1) is 5.41 Å². The summed E-state index contributed by atoms with van der Waals surface area (Å²) in [6.45, 7) is 1.71. The van der Waals surface area contributed by atoms with Crippen LogP contribution in [0.2, 0.25) is 0 Å². The SMILES string of the molecule is C[C@H](NC(=O)CNC(=O)Nc1ccc(C(=N)N)cn1)c1ccccc1. The van der Waals surface area contributed by atoms with E-state index in [-0.39, 0.29) is 24.3 Å². The third-order valence-electron chi connectivity index (χ3n) is 3.40. The molecule has 25 heavy (non-hydrogen) atoms. The Morgan fingerprint density at radius 1 is 1.20 bits per heavy atom. The number of hydrogen-bond donors (Lipinski definition) is 5. The summed E-state index contributed by atoms with van der Waals surface area (Å²) in [6.07, 6.45) is 1.38. The lowest BCUT2D eigenvalue weighted by Crippen LogP contribution is -2.39. The highest BCUT2D eigenvalue weighted by Gasteiger charge is 2.10. The number of nitrogens with zero attached hydrogens (tertiary/aromatic N) is 1. The minimum absolute atomic E-state index is 0.104. The molecule has 0 radical (unpaired) electrons. The number of amidine groups is 1. The summed E-state index contributed by atoms with van der Waals surface area (Å²) in [5.74, 6) is -0.111. The highest BCUT2D eigenvalue weighted by molar-refractivity contribution is 5.95. The fraction of sp³-hybridized carbons (Fsp3) is 0.176. The Kier molecular flexibility index (Phi) is 6.05. The molecule has 0 aliphatic rings. The molecule has 1 aromatic heterocycles. The number of carbonyl (C=O) groups is 2. The molecule has 0 spiro atoms. The van der Waals surface area contributed by atoms with Crippen molar-refractivity contribution < 1.29 is 9.59 Å². The molecule has 0 bridgehead atoms. The minimum Gasteiger partial charge on any atom is -0.384 e. The lowest BCUT2D eigenvalue weighted by molar-refractivity contribution is -0.120. The van der Waals surface area contributed by atoms with Gasteiger partial charge in [0.15, 0.2) is 0 Å². The average molecular weight is 340 g/mol. The van der Waals surface area contributed by atoms with Crippen LogP contribution in [0.3, 0.4) is 0 Å². The fourth-order valence-corrected chi connectivity index (χ4v) is 2.07. The van der Waals surface area contributed by atoms with Crippen molar-refractivity contribution in [3.63, 3.8) is 0 Å². The number of pyridine rings is 1. The summed E-state index contributed by atoms with van der Waals surface area (Å²) >= 11 is 0. The van der Waals surface area contributed by atoms with Gasteiger partial charge in [0.1, 0.15) is 11.7 Å². The van der Waals surface area contributed by atoms with E-state index in [4.69, 9.17) is 11.1 Å².